The lowest BCUT2D eigenvalue weighted by Gasteiger charge is -2.05. The van der Waals surface area contributed by atoms with E-state index in [4.69, 9.17) is 5.73 Å². The molecule has 0 atom stereocenters. The second-order valence-corrected chi connectivity index (χ2v) is 4.18. The summed E-state index contributed by atoms with van der Waals surface area (Å²) in [7, 11) is 0. The average molecular weight is 208 g/mol. The number of halogens is 1. The molecule has 1 saturated carbocycles. The topological polar surface area (TPSA) is 38.0 Å². The van der Waals surface area contributed by atoms with E-state index in [1.165, 1.54) is 18.9 Å². The van der Waals surface area contributed by atoms with Crippen molar-refractivity contribution in [3.63, 3.8) is 0 Å². The van der Waals surface area contributed by atoms with Crippen LogP contribution in [0.15, 0.2) is 18.2 Å². The Labute approximate surface area is 89.7 Å². The molecule has 0 aliphatic heterocycles. The van der Waals surface area contributed by atoms with E-state index in [-0.39, 0.29) is 5.82 Å². The van der Waals surface area contributed by atoms with Gasteiger partial charge < -0.3 is 11.1 Å². The maximum Gasteiger partial charge on any atom is 0.126 e. The van der Waals surface area contributed by atoms with E-state index in [1.807, 2.05) is 0 Å². The fourth-order valence-electron chi connectivity index (χ4n) is 1.66. The van der Waals surface area contributed by atoms with Gasteiger partial charge in [0.1, 0.15) is 5.82 Å². The minimum absolute atomic E-state index is 0.143. The van der Waals surface area contributed by atoms with Crippen LogP contribution < -0.4 is 11.1 Å². The third-order valence-corrected chi connectivity index (χ3v) is 2.70. The molecule has 1 aromatic carbocycles. The van der Waals surface area contributed by atoms with Crippen LogP contribution in [-0.4, -0.2) is 12.6 Å². The molecule has 1 aromatic rings. The van der Waals surface area contributed by atoms with Crippen LogP contribution in [0.3, 0.4) is 0 Å². The fourth-order valence-corrected chi connectivity index (χ4v) is 1.66. The first-order chi connectivity index (χ1) is 7.25. The van der Waals surface area contributed by atoms with Crippen molar-refractivity contribution < 1.29 is 4.39 Å². The second-order valence-electron chi connectivity index (χ2n) is 4.18. The number of rotatable bonds is 5. The summed E-state index contributed by atoms with van der Waals surface area (Å²) in [5, 5.41) is 3.41. The molecule has 82 valence electrons. The van der Waals surface area contributed by atoms with Crippen molar-refractivity contribution in [1.82, 2.24) is 5.32 Å². The Balaban J connectivity index is 1.78. The van der Waals surface area contributed by atoms with Crippen LogP contribution in [0.1, 0.15) is 24.8 Å². The first-order valence-corrected chi connectivity index (χ1v) is 5.53. The predicted octanol–water partition coefficient (Wildman–Crippen LogP) is 2.09. The van der Waals surface area contributed by atoms with Crippen molar-refractivity contribution in [1.29, 1.82) is 0 Å². The Bertz CT molecular complexity index is 334. The SMILES string of the molecule is Nc1ccc(F)c(CCCNC2CC2)c1. The molecule has 0 radical (unpaired) electrons. The van der Waals surface area contributed by atoms with Gasteiger partial charge in [0.25, 0.3) is 0 Å². The Hall–Kier alpha value is -1.09. The molecule has 0 heterocycles. The molecule has 0 amide bonds. The van der Waals surface area contributed by atoms with Gasteiger partial charge in [-0.1, -0.05) is 0 Å². The molecule has 0 saturated heterocycles. The van der Waals surface area contributed by atoms with Crippen LogP contribution in [0.5, 0.6) is 0 Å². The maximum atomic E-state index is 13.3. The van der Waals surface area contributed by atoms with E-state index >= 15 is 0 Å². The standard InChI is InChI=1S/C12H17FN2/c13-12-6-3-10(14)8-9(12)2-1-7-15-11-4-5-11/h3,6,8,11,15H,1-2,4-5,7,14H2. The minimum atomic E-state index is -0.143. The molecule has 0 aromatic heterocycles. The zero-order valence-corrected chi connectivity index (χ0v) is 8.80. The zero-order valence-electron chi connectivity index (χ0n) is 8.80. The highest BCUT2D eigenvalue weighted by Crippen LogP contribution is 2.18. The van der Waals surface area contributed by atoms with Crippen molar-refractivity contribution in [2.45, 2.75) is 31.7 Å². The molecule has 1 fully saturated rings. The first kappa shape index (κ1) is 10.4. The van der Waals surface area contributed by atoms with Crippen LogP contribution in [-0.2, 0) is 6.42 Å². The third kappa shape index (κ3) is 3.20. The number of hydrogen-bond donors (Lipinski definition) is 2. The number of aryl methyl sites for hydroxylation is 1. The van der Waals surface area contributed by atoms with Gasteiger partial charge in [0.15, 0.2) is 0 Å². The van der Waals surface area contributed by atoms with Gasteiger partial charge in [0.2, 0.25) is 0 Å². The molecule has 1 aliphatic carbocycles. The molecule has 15 heavy (non-hydrogen) atoms. The maximum absolute atomic E-state index is 13.3. The molecular weight excluding hydrogens is 191 g/mol. The lowest BCUT2D eigenvalue weighted by molar-refractivity contribution is 0.592. The van der Waals surface area contributed by atoms with E-state index in [0.717, 1.165) is 31.0 Å². The van der Waals surface area contributed by atoms with E-state index < -0.39 is 0 Å². The van der Waals surface area contributed by atoms with Gasteiger partial charge in [-0.15, -0.1) is 0 Å². The van der Waals surface area contributed by atoms with Crippen LogP contribution in [0.4, 0.5) is 10.1 Å². The van der Waals surface area contributed by atoms with Crippen molar-refractivity contribution in [2.24, 2.45) is 0 Å². The molecule has 0 bridgehead atoms. The van der Waals surface area contributed by atoms with Gasteiger partial charge in [-0.3, -0.25) is 0 Å². The van der Waals surface area contributed by atoms with Gasteiger partial charge in [0.05, 0.1) is 0 Å². The second kappa shape index (κ2) is 4.62. The number of nitrogens with two attached hydrogens (primary N) is 1. The molecular formula is C12H17FN2. The lowest BCUT2D eigenvalue weighted by atomic mass is 10.1. The summed E-state index contributed by atoms with van der Waals surface area (Å²) >= 11 is 0. The number of benzene rings is 1. The van der Waals surface area contributed by atoms with Gasteiger partial charge in [-0.2, -0.15) is 0 Å². The monoisotopic (exact) mass is 208 g/mol. The summed E-state index contributed by atoms with van der Waals surface area (Å²) in [6.45, 7) is 0.971. The molecule has 1 aliphatic rings. The first-order valence-electron chi connectivity index (χ1n) is 5.53. The van der Waals surface area contributed by atoms with Gasteiger partial charge in [-0.05, 0) is 56.0 Å². The Morgan fingerprint density at radius 3 is 2.93 bits per heavy atom. The van der Waals surface area contributed by atoms with Gasteiger partial charge in [-0.25, -0.2) is 4.39 Å². The van der Waals surface area contributed by atoms with Crippen LogP contribution in [0, 0.1) is 5.82 Å². The van der Waals surface area contributed by atoms with Crippen LogP contribution >= 0.6 is 0 Å². The van der Waals surface area contributed by atoms with Crippen molar-refractivity contribution in [3.8, 4) is 0 Å². The third-order valence-electron chi connectivity index (χ3n) is 2.70. The normalized spacial score (nSPS) is 15.5. The number of nitrogens with one attached hydrogen (secondary N) is 1. The van der Waals surface area contributed by atoms with Crippen molar-refractivity contribution in [3.05, 3.63) is 29.6 Å². The highest BCUT2D eigenvalue weighted by Gasteiger charge is 2.19. The summed E-state index contributed by atoms with van der Waals surface area (Å²) in [6.07, 6.45) is 4.33. The molecule has 0 unspecified atom stereocenters. The Kier molecular flexibility index (Phi) is 3.21. The number of anilines is 1. The van der Waals surface area contributed by atoms with Crippen molar-refractivity contribution >= 4 is 5.69 Å². The minimum Gasteiger partial charge on any atom is -0.399 e. The largest absolute Gasteiger partial charge is 0.399 e. The van der Waals surface area contributed by atoms with E-state index in [2.05, 4.69) is 5.32 Å². The summed E-state index contributed by atoms with van der Waals surface area (Å²) in [6, 6.07) is 5.50. The van der Waals surface area contributed by atoms with Crippen molar-refractivity contribution in [2.75, 3.05) is 12.3 Å². The molecule has 3 heteroatoms. The summed E-state index contributed by atoms with van der Waals surface area (Å²) < 4.78 is 13.3. The smallest absolute Gasteiger partial charge is 0.126 e. The summed E-state index contributed by atoms with van der Waals surface area (Å²) in [4.78, 5) is 0. The summed E-state index contributed by atoms with van der Waals surface area (Å²) in [5.74, 6) is -0.143. The molecule has 2 nitrogen and oxygen atoms in total. The van der Waals surface area contributed by atoms with Crippen LogP contribution in [0.2, 0.25) is 0 Å². The lowest BCUT2D eigenvalue weighted by Crippen LogP contribution is -2.18. The molecule has 0 spiro atoms. The van der Waals surface area contributed by atoms with Gasteiger partial charge >= 0.3 is 0 Å². The quantitative estimate of drug-likeness (QED) is 0.574. The molecule has 3 N–H and O–H groups in total. The average Bonchev–Trinajstić information content (AvgIpc) is 3.01. The van der Waals surface area contributed by atoms with Gasteiger partial charge in [0, 0.05) is 11.7 Å². The Morgan fingerprint density at radius 2 is 2.20 bits per heavy atom. The van der Waals surface area contributed by atoms with E-state index in [9.17, 15) is 4.39 Å². The van der Waals surface area contributed by atoms with E-state index in [1.54, 1.807) is 12.1 Å². The molecule has 2 rings (SSSR count). The number of nitrogen functional groups attached to an aromatic ring is 1. The zero-order chi connectivity index (χ0) is 10.7. The summed E-state index contributed by atoms with van der Waals surface area (Å²) in [5.41, 5.74) is 6.98. The Morgan fingerprint density at radius 1 is 1.40 bits per heavy atom. The highest BCUT2D eigenvalue weighted by atomic mass is 19.1. The van der Waals surface area contributed by atoms with Crippen LogP contribution in [0.25, 0.3) is 0 Å². The predicted molar refractivity (Wildman–Crippen MR) is 60.2 cm³/mol. The number of hydrogen-bond acceptors (Lipinski definition) is 2. The van der Waals surface area contributed by atoms with E-state index in [0.29, 0.717) is 5.69 Å². The fraction of sp³-hybridized carbons (Fsp3) is 0.500. The highest BCUT2D eigenvalue weighted by molar-refractivity contribution is 5.41.